The number of benzene rings is 2. The minimum Gasteiger partial charge on any atom is -0.497 e. The molecule has 2 fully saturated rings. The third-order valence-corrected chi connectivity index (χ3v) is 7.41. The summed E-state index contributed by atoms with van der Waals surface area (Å²) in [7, 11) is 5.70. The molecular formula is C28H34N8O2. The monoisotopic (exact) mass is 514 g/mol. The minimum absolute atomic E-state index is 0.0475. The van der Waals surface area contributed by atoms with Crippen molar-refractivity contribution in [3.8, 4) is 11.8 Å². The molecule has 1 amide bonds. The van der Waals surface area contributed by atoms with Crippen LogP contribution in [0.5, 0.6) is 5.75 Å². The molecule has 0 spiro atoms. The molecule has 0 aliphatic carbocycles. The van der Waals surface area contributed by atoms with Gasteiger partial charge in [-0.05, 0) is 37.9 Å². The highest BCUT2D eigenvalue weighted by Crippen LogP contribution is 2.30. The van der Waals surface area contributed by atoms with E-state index in [0.717, 1.165) is 43.2 Å². The van der Waals surface area contributed by atoms with E-state index in [0.29, 0.717) is 41.9 Å². The summed E-state index contributed by atoms with van der Waals surface area (Å²) in [5.41, 5.74) is 0.951. The molecule has 38 heavy (non-hydrogen) atoms. The zero-order valence-electron chi connectivity index (χ0n) is 22.1. The van der Waals surface area contributed by atoms with Crippen molar-refractivity contribution in [2.24, 2.45) is 0 Å². The summed E-state index contributed by atoms with van der Waals surface area (Å²) < 4.78 is 5.47. The molecule has 0 saturated carbocycles. The number of carbonyl (C=O) groups excluding carboxylic acids is 1. The summed E-state index contributed by atoms with van der Waals surface area (Å²) in [6.07, 6.45) is 2.69. The van der Waals surface area contributed by atoms with Crippen LogP contribution in [0.2, 0.25) is 0 Å². The number of nitrogens with one attached hydrogen (secondary N) is 2. The number of nitrogens with zero attached hydrogens (tertiary/aromatic N) is 6. The van der Waals surface area contributed by atoms with E-state index < -0.39 is 0 Å². The predicted molar refractivity (Wildman–Crippen MR) is 149 cm³/mol. The highest BCUT2D eigenvalue weighted by molar-refractivity contribution is 6.09. The topological polar surface area (TPSA) is 110 Å². The molecule has 10 nitrogen and oxygen atoms in total. The van der Waals surface area contributed by atoms with Gasteiger partial charge in [0.15, 0.2) is 0 Å². The van der Waals surface area contributed by atoms with Gasteiger partial charge in [0.25, 0.3) is 5.91 Å². The molecule has 0 radical (unpaired) electrons. The summed E-state index contributed by atoms with van der Waals surface area (Å²) in [5.74, 6) is 1.55. The molecule has 3 heterocycles. The van der Waals surface area contributed by atoms with Crippen molar-refractivity contribution in [3.63, 3.8) is 0 Å². The Balaban J connectivity index is 1.50. The van der Waals surface area contributed by atoms with Crippen LogP contribution in [-0.4, -0.2) is 80.4 Å². The predicted octanol–water partition coefficient (Wildman–Crippen LogP) is 3.07. The summed E-state index contributed by atoms with van der Waals surface area (Å²) in [5, 5.41) is 17.5. The van der Waals surface area contributed by atoms with Gasteiger partial charge in [-0.1, -0.05) is 24.3 Å². The van der Waals surface area contributed by atoms with Crippen LogP contribution >= 0.6 is 0 Å². The van der Waals surface area contributed by atoms with Gasteiger partial charge in [-0.3, -0.25) is 9.69 Å². The van der Waals surface area contributed by atoms with Crippen LogP contribution in [0.25, 0.3) is 10.8 Å². The van der Waals surface area contributed by atoms with Crippen molar-refractivity contribution in [1.29, 1.82) is 5.26 Å². The van der Waals surface area contributed by atoms with E-state index in [2.05, 4.69) is 38.5 Å². The van der Waals surface area contributed by atoms with Gasteiger partial charge in [0.1, 0.15) is 17.3 Å². The fourth-order valence-corrected chi connectivity index (χ4v) is 5.34. The number of likely N-dealkylation sites (tertiary alicyclic amines) is 1. The zero-order valence-corrected chi connectivity index (χ0v) is 22.1. The fraction of sp³-hybridized carbons (Fsp3) is 0.429. The number of hydrogen-bond donors (Lipinski definition) is 2. The number of aromatic nitrogens is 2. The van der Waals surface area contributed by atoms with Gasteiger partial charge in [0.05, 0.1) is 31.5 Å². The lowest BCUT2D eigenvalue weighted by atomic mass is 10.1. The van der Waals surface area contributed by atoms with E-state index in [9.17, 15) is 10.1 Å². The molecule has 0 bridgehead atoms. The number of anilines is 3. The lowest BCUT2D eigenvalue weighted by Crippen LogP contribution is -2.51. The van der Waals surface area contributed by atoms with Crippen LogP contribution in [0.3, 0.4) is 0 Å². The van der Waals surface area contributed by atoms with Crippen molar-refractivity contribution in [2.45, 2.75) is 31.5 Å². The van der Waals surface area contributed by atoms with E-state index in [1.165, 1.54) is 0 Å². The fourth-order valence-electron chi connectivity index (χ4n) is 5.34. The van der Waals surface area contributed by atoms with E-state index in [4.69, 9.17) is 14.7 Å². The van der Waals surface area contributed by atoms with Gasteiger partial charge in [-0.15, -0.1) is 0 Å². The Morgan fingerprint density at radius 1 is 1.26 bits per heavy atom. The van der Waals surface area contributed by atoms with Crippen LogP contribution in [-0.2, 0) is 0 Å². The highest BCUT2D eigenvalue weighted by Gasteiger charge is 2.29. The van der Waals surface area contributed by atoms with Crippen molar-refractivity contribution < 1.29 is 9.53 Å². The second-order valence-electron chi connectivity index (χ2n) is 9.94. The number of hydrogen-bond acceptors (Lipinski definition) is 9. The second kappa shape index (κ2) is 11.2. The van der Waals surface area contributed by atoms with E-state index in [-0.39, 0.29) is 18.1 Å². The van der Waals surface area contributed by atoms with Crippen LogP contribution in [0.4, 0.5) is 17.5 Å². The van der Waals surface area contributed by atoms with Crippen molar-refractivity contribution in [3.05, 3.63) is 48.2 Å². The minimum atomic E-state index is -0.315. The number of piperazine rings is 1. The molecule has 1 aromatic heterocycles. The number of amides is 1. The summed E-state index contributed by atoms with van der Waals surface area (Å²) >= 11 is 0. The largest absolute Gasteiger partial charge is 0.497 e. The molecule has 2 aliphatic rings. The standard InChI is InChI=1S/C28H34N8O2/c1-34-13-6-9-26(34)35(2)28-32-24(17-25(33-28)36-14-12-30-20(18-36)10-11-29)27(37)31-23-16-21(38-3)15-19-7-4-5-8-22(19)23/h4-5,7-8,15-17,20,26,30H,6,9-10,12-14,18H2,1-3H3,(H,31,37)/t20-,26?/m0/s1. The van der Waals surface area contributed by atoms with Gasteiger partial charge >= 0.3 is 0 Å². The molecule has 3 aromatic rings. The Labute approximate surface area is 223 Å². The Morgan fingerprint density at radius 2 is 2.11 bits per heavy atom. The smallest absolute Gasteiger partial charge is 0.274 e. The van der Waals surface area contributed by atoms with Crippen molar-refractivity contribution in [2.75, 3.05) is 62.5 Å². The summed E-state index contributed by atoms with van der Waals surface area (Å²) in [6, 6.07) is 15.7. The summed E-state index contributed by atoms with van der Waals surface area (Å²) in [4.78, 5) is 29.8. The van der Waals surface area contributed by atoms with Gasteiger partial charge in [-0.2, -0.15) is 10.2 Å². The van der Waals surface area contributed by atoms with Crippen molar-refractivity contribution >= 4 is 34.1 Å². The Bertz CT molecular complexity index is 1360. The molecule has 198 valence electrons. The van der Waals surface area contributed by atoms with Crippen LogP contribution in [0.1, 0.15) is 29.8 Å². The maximum atomic E-state index is 13.7. The molecule has 2 N–H and O–H groups in total. The summed E-state index contributed by atoms with van der Waals surface area (Å²) in [6.45, 7) is 3.12. The maximum Gasteiger partial charge on any atom is 0.274 e. The maximum absolute atomic E-state index is 13.7. The lowest BCUT2D eigenvalue weighted by molar-refractivity contribution is 0.102. The molecular weight excluding hydrogens is 480 g/mol. The Hall–Kier alpha value is -3.94. The van der Waals surface area contributed by atoms with Crippen LogP contribution < -0.4 is 25.2 Å². The molecule has 1 unspecified atom stereocenters. The van der Waals surface area contributed by atoms with Crippen molar-refractivity contribution in [1.82, 2.24) is 20.2 Å². The number of fused-ring (bicyclic) bond motifs is 1. The number of ether oxygens (including phenoxy) is 1. The SMILES string of the molecule is COc1cc(NC(=O)c2cc(N3CCN[C@@H](CC#N)C3)nc(N(C)C3CCCN3C)n2)c2ccccc2c1. The number of carbonyl (C=O) groups is 1. The van der Waals surface area contributed by atoms with Crippen LogP contribution in [0, 0.1) is 11.3 Å². The first-order chi connectivity index (χ1) is 18.5. The van der Waals surface area contributed by atoms with Gasteiger partial charge < -0.3 is 25.2 Å². The van der Waals surface area contributed by atoms with Gasteiger partial charge in [0, 0.05) is 50.2 Å². The first-order valence-corrected chi connectivity index (χ1v) is 13.0. The Kier molecular flexibility index (Phi) is 7.58. The normalized spacial score (nSPS) is 19.8. The average Bonchev–Trinajstić information content (AvgIpc) is 3.38. The third-order valence-electron chi connectivity index (χ3n) is 7.41. The molecule has 2 aliphatic heterocycles. The highest BCUT2D eigenvalue weighted by atomic mass is 16.5. The third kappa shape index (κ3) is 5.35. The molecule has 10 heteroatoms. The van der Waals surface area contributed by atoms with Gasteiger partial charge in [-0.25, -0.2) is 4.98 Å². The molecule has 5 rings (SSSR count). The van der Waals surface area contributed by atoms with E-state index >= 15 is 0 Å². The van der Waals surface area contributed by atoms with E-state index in [1.54, 1.807) is 13.2 Å². The number of methoxy groups -OCH3 is 1. The molecule has 2 aromatic carbocycles. The first-order valence-electron chi connectivity index (χ1n) is 13.0. The number of rotatable bonds is 7. The lowest BCUT2D eigenvalue weighted by Gasteiger charge is -2.35. The quantitative estimate of drug-likeness (QED) is 0.492. The average molecular weight is 515 g/mol. The second-order valence-corrected chi connectivity index (χ2v) is 9.94. The first kappa shape index (κ1) is 25.7. The van der Waals surface area contributed by atoms with E-state index in [1.807, 2.05) is 43.4 Å². The van der Waals surface area contributed by atoms with Crippen LogP contribution in [0.15, 0.2) is 42.5 Å². The molecule has 2 atom stereocenters. The van der Waals surface area contributed by atoms with Gasteiger partial charge in [0.2, 0.25) is 5.95 Å². The number of nitriles is 1. The Morgan fingerprint density at radius 3 is 2.87 bits per heavy atom. The molecule has 2 saturated heterocycles. The zero-order chi connectivity index (χ0) is 26.6.